The molecule has 2 bridgehead atoms. The molecule has 0 unspecified atom stereocenters. The van der Waals surface area contributed by atoms with Gasteiger partial charge in [-0.2, -0.15) is 5.26 Å². The first kappa shape index (κ1) is 13.5. The Hall–Kier alpha value is -1.44. The molecular formula is C16H21N3O. The molecule has 1 saturated heterocycles. The Bertz CT molecular complexity index is 523. The van der Waals surface area contributed by atoms with Crippen molar-refractivity contribution in [3.63, 3.8) is 0 Å². The van der Waals surface area contributed by atoms with E-state index in [0.29, 0.717) is 17.5 Å². The number of hydrogen-bond donors (Lipinski definition) is 0. The fraction of sp³-hybridized carbons (Fsp3) is 0.625. The molecule has 106 valence electrons. The van der Waals surface area contributed by atoms with Crippen molar-refractivity contribution in [2.24, 2.45) is 11.8 Å². The molecule has 0 radical (unpaired) electrons. The van der Waals surface area contributed by atoms with E-state index in [1.54, 1.807) is 13.2 Å². The molecule has 0 spiro atoms. The summed E-state index contributed by atoms with van der Waals surface area (Å²) >= 11 is 0. The predicted molar refractivity (Wildman–Crippen MR) is 76.0 cm³/mol. The number of likely N-dealkylation sites (tertiary alicyclic amines) is 1. The number of methoxy groups -OCH3 is 1. The highest BCUT2D eigenvalue weighted by Gasteiger charge is 2.53. The zero-order chi connectivity index (χ0) is 14.2. The van der Waals surface area contributed by atoms with Crippen molar-refractivity contribution < 1.29 is 4.74 Å². The first-order chi connectivity index (χ1) is 9.70. The van der Waals surface area contributed by atoms with E-state index in [-0.39, 0.29) is 5.60 Å². The van der Waals surface area contributed by atoms with Gasteiger partial charge in [-0.15, -0.1) is 0 Å². The van der Waals surface area contributed by atoms with Crippen LogP contribution in [0.5, 0.6) is 0 Å². The number of pyridine rings is 1. The number of piperidine rings is 1. The van der Waals surface area contributed by atoms with Gasteiger partial charge in [-0.3, -0.25) is 0 Å². The molecule has 2 aliphatic rings. The molecule has 1 aliphatic heterocycles. The molecule has 1 aliphatic carbocycles. The number of nitrogens with zero attached hydrogens (tertiary/aromatic N) is 3. The molecule has 3 atom stereocenters. The second-order valence-electron chi connectivity index (χ2n) is 6.06. The van der Waals surface area contributed by atoms with Crippen LogP contribution >= 0.6 is 0 Å². The van der Waals surface area contributed by atoms with E-state index in [1.807, 2.05) is 12.1 Å². The van der Waals surface area contributed by atoms with Crippen LogP contribution in [-0.2, 0) is 10.3 Å². The average Bonchev–Trinajstić information content (AvgIpc) is 2.46. The van der Waals surface area contributed by atoms with E-state index in [4.69, 9.17) is 10.00 Å². The van der Waals surface area contributed by atoms with Gasteiger partial charge in [-0.25, -0.2) is 4.98 Å². The topological polar surface area (TPSA) is 49.1 Å². The third kappa shape index (κ3) is 1.93. The van der Waals surface area contributed by atoms with Gasteiger partial charge in [0.25, 0.3) is 0 Å². The van der Waals surface area contributed by atoms with Gasteiger partial charge in [0.05, 0.1) is 5.69 Å². The number of nitriles is 1. The predicted octanol–water partition coefficient (Wildman–Crippen LogP) is 2.16. The minimum absolute atomic E-state index is 0.308. The quantitative estimate of drug-likeness (QED) is 0.827. The normalized spacial score (nSPS) is 33.6. The lowest BCUT2D eigenvalue weighted by Crippen LogP contribution is -2.58. The molecule has 2 fully saturated rings. The van der Waals surface area contributed by atoms with Gasteiger partial charge in [0, 0.05) is 32.0 Å². The van der Waals surface area contributed by atoms with Crippen molar-refractivity contribution in [1.82, 2.24) is 9.88 Å². The highest BCUT2D eigenvalue weighted by Crippen LogP contribution is 2.50. The van der Waals surface area contributed by atoms with Crippen LogP contribution in [0.4, 0.5) is 0 Å². The van der Waals surface area contributed by atoms with Crippen LogP contribution in [-0.4, -0.2) is 37.1 Å². The number of aromatic nitrogens is 1. The Morgan fingerprint density at radius 3 is 2.65 bits per heavy atom. The van der Waals surface area contributed by atoms with Gasteiger partial charge in [-0.1, -0.05) is 12.5 Å². The summed E-state index contributed by atoms with van der Waals surface area (Å²) in [6.45, 7) is 2.09. The lowest BCUT2D eigenvalue weighted by Gasteiger charge is -2.54. The summed E-state index contributed by atoms with van der Waals surface area (Å²) in [5.41, 5.74) is 1.12. The smallest absolute Gasteiger partial charge is 0.140 e. The fourth-order valence-corrected chi connectivity index (χ4v) is 4.22. The maximum Gasteiger partial charge on any atom is 0.140 e. The third-order valence-electron chi connectivity index (χ3n) is 4.98. The van der Waals surface area contributed by atoms with Crippen molar-refractivity contribution in [3.05, 3.63) is 29.6 Å². The van der Waals surface area contributed by atoms with E-state index in [0.717, 1.165) is 18.8 Å². The lowest BCUT2D eigenvalue weighted by atomic mass is 9.63. The van der Waals surface area contributed by atoms with Crippen LogP contribution in [0, 0.1) is 23.2 Å². The van der Waals surface area contributed by atoms with Crippen molar-refractivity contribution in [3.8, 4) is 6.07 Å². The van der Waals surface area contributed by atoms with Crippen molar-refractivity contribution in [2.45, 2.75) is 24.9 Å². The Morgan fingerprint density at radius 2 is 2.05 bits per heavy atom. The fourth-order valence-electron chi connectivity index (χ4n) is 4.22. The van der Waals surface area contributed by atoms with E-state index in [2.05, 4.69) is 23.0 Å². The summed E-state index contributed by atoms with van der Waals surface area (Å²) in [7, 11) is 3.99. The maximum absolute atomic E-state index is 9.10. The Kier molecular flexibility index (Phi) is 3.49. The van der Waals surface area contributed by atoms with Crippen LogP contribution in [0.2, 0.25) is 0 Å². The van der Waals surface area contributed by atoms with E-state index in [1.165, 1.54) is 19.3 Å². The number of fused-ring (bicyclic) bond motifs is 2. The number of rotatable bonds is 2. The highest BCUT2D eigenvalue weighted by atomic mass is 16.5. The molecule has 20 heavy (non-hydrogen) atoms. The van der Waals surface area contributed by atoms with Gasteiger partial charge in [-0.05, 0) is 32.0 Å². The summed E-state index contributed by atoms with van der Waals surface area (Å²) in [5.74, 6) is 0.929. The van der Waals surface area contributed by atoms with Gasteiger partial charge in [0.1, 0.15) is 17.4 Å². The molecule has 1 aromatic rings. The minimum atomic E-state index is -0.308. The van der Waals surface area contributed by atoms with Gasteiger partial charge in [0.2, 0.25) is 0 Å². The summed E-state index contributed by atoms with van der Waals surface area (Å²) in [6, 6.07) is 7.86. The molecule has 1 aromatic heterocycles. The summed E-state index contributed by atoms with van der Waals surface area (Å²) in [5, 5.41) is 9.10. The third-order valence-corrected chi connectivity index (χ3v) is 4.98. The van der Waals surface area contributed by atoms with Crippen molar-refractivity contribution in [1.29, 1.82) is 5.26 Å². The SMILES string of the molecule is CO[C@]1(c2cccc(C#N)n2)[C@@H]2CCC[C@H]1CN(C)C2. The molecule has 1 saturated carbocycles. The van der Waals surface area contributed by atoms with Crippen molar-refractivity contribution in [2.75, 3.05) is 27.2 Å². The molecule has 3 rings (SSSR count). The zero-order valence-electron chi connectivity index (χ0n) is 12.2. The van der Waals surface area contributed by atoms with Crippen LogP contribution in [0.15, 0.2) is 18.2 Å². The zero-order valence-corrected chi connectivity index (χ0v) is 12.2. The molecule has 4 heteroatoms. The minimum Gasteiger partial charge on any atom is -0.371 e. The van der Waals surface area contributed by atoms with E-state index >= 15 is 0 Å². The average molecular weight is 271 g/mol. The molecular weight excluding hydrogens is 250 g/mol. The standard InChI is InChI=1S/C16H21N3O/c1-19-10-12-5-3-6-13(11-19)16(12,20-2)15-8-4-7-14(9-17)18-15/h4,7-8,12-13H,3,5-6,10-11H2,1-2H3/t12-,13+,16-. The molecule has 4 nitrogen and oxygen atoms in total. The van der Waals surface area contributed by atoms with Gasteiger partial charge < -0.3 is 9.64 Å². The van der Waals surface area contributed by atoms with Crippen LogP contribution < -0.4 is 0 Å². The second-order valence-corrected chi connectivity index (χ2v) is 6.06. The highest BCUT2D eigenvalue weighted by molar-refractivity contribution is 5.27. The number of hydrogen-bond acceptors (Lipinski definition) is 4. The Morgan fingerprint density at radius 1 is 1.35 bits per heavy atom. The second kappa shape index (κ2) is 5.16. The maximum atomic E-state index is 9.10. The van der Waals surface area contributed by atoms with Crippen LogP contribution in [0.25, 0.3) is 0 Å². The summed E-state index contributed by atoms with van der Waals surface area (Å²) < 4.78 is 6.08. The van der Waals surface area contributed by atoms with Crippen LogP contribution in [0.1, 0.15) is 30.7 Å². The summed E-state index contributed by atoms with van der Waals surface area (Å²) in [6.07, 6.45) is 3.62. The molecule has 0 amide bonds. The largest absolute Gasteiger partial charge is 0.371 e. The van der Waals surface area contributed by atoms with Gasteiger partial charge in [0.15, 0.2) is 0 Å². The Balaban J connectivity index is 2.08. The molecule has 2 heterocycles. The monoisotopic (exact) mass is 271 g/mol. The van der Waals surface area contributed by atoms with Gasteiger partial charge >= 0.3 is 0 Å². The molecule has 0 N–H and O–H groups in total. The van der Waals surface area contributed by atoms with E-state index < -0.39 is 0 Å². The Labute approximate surface area is 120 Å². The van der Waals surface area contributed by atoms with E-state index in [9.17, 15) is 0 Å². The van der Waals surface area contributed by atoms with Crippen molar-refractivity contribution >= 4 is 0 Å². The molecule has 0 aromatic carbocycles. The first-order valence-electron chi connectivity index (χ1n) is 7.32. The first-order valence-corrected chi connectivity index (χ1v) is 7.32. The summed E-state index contributed by atoms with van der Waals surface area (Å²) in [4.78, 5) is 6.96. The lowest BCUT2D eigenvalue weighted by molar-refractivity contribution is -0.168. The van der Waals surface area contributed by atoms with Crippen LogP contribution in [0.3, 0.4) is 0 Å². The number of ether oxygens (including phenoxy) is 1.